The summed E-state index contributed by atoms with van der Waals surface area (Å²) in [6.07, 6.45) is 4.39. The molecule has 7 nitrogen and oxygen atoms in total. The number of carbonyl (C=O) groups is 1. The topological polar surface area (TPSA) is 74.8 Å². The zero-order valence-electron chi connectivity index (χ0n) is 19.0. The monoisotopic (exact) mass is 483 g/mol. The van der Waals surface area contributed by atoms with Crippen molar-refractivity contribution in [2.45, 2.75) is 20.1 Å². The van der Waals surface area contributed by atoms with Crippen molar-refractivity contribution < 1.29 is 9.53 Å². The highest BCUT2D eigenvalue weighted by molar-refractivity contribution is 6.30. The summed E-state index contributed by atoms with van der Waals surface area (Å²) in [6, 6.07) is 23.1. The molecule has 0 unspecified atom stereocenters. The van der Waals surface area contributed by atoms with Gasteiger partial charge < -0.3 is 4.74 Å². The van der Waals surface area contributed by atoms with Crippen molar-refractivity contribution in [1.29, 1.82) is 0 Å². The second-order valence-corrected chi connectivity index (χ2v) is 8.59. The number of carbonyl (C=O) groups excluding carboxylic acids is 1. The number of aryl methyl sites for hydroxylation is 1. The largest absolute Gasteiger partial charge is 0.486 e. The molecule has 0 saturated carbocycles. The number of benzene rings is 3. The van der Waals surface area contributed by atoms with Gasteiger partial charge in [-0.3, -0.25) is 4.79 Å². The van der Waals surface area contributed by atoms with Gasteiger partial charge in [0.05, 0.1) is 24.0 Å². The lowest BCUT2D eigenvalue weighted by Gasteiger charge is -2.10. The predicted octanol–water partition coefficient (Wildman–Crippen LogP) is 5.53. The van der Waals surface area contributed by atoms with E-state index in [0.717, 1.165) is 28.7 Å². The summed E-state index contributed by atoms with van der Waals surface area (Å²) in [4.78, 5) is 11.9. The van der Waals surface area contributed by atoms with Crippen LogP contribution in [0.5, 0.6) is 5.75 Å². The minimum atomic E-state index is 0.224. The van der Waals surface area contributed by atoms with Gasteiger partial charge in [0.2, 0.25) is 0 Å². The Labute approximate surface area is 207 Å². The Morgan fingerprint density at radius 3 is 2.66 bits per heavy atom. The van der Waals surface area contributed by atoms with Gasteiger partial charge in [0.15, 0.2) is 6.29 Å². The van der Waals surface area contributed by atoms with Crippen LogP contribution in [0.4, 0.5) is 0 Å². The van der Waals surface area contributed by atoms with Crippen molar-refractivity contribution >= 4 is 17.9 Å². The molecule has 0 radical (unpaired) electrons. The van der Waals surface area contributed by atoms with Gasteiger partial charge in [0, 0.05) is 16.8 Å². The first kappa shape index (κ1) is 22.6. The number of hydrogen-bond donors (Lipinski definition) is 0. The summed E-state index contributed by atoms with van der Waals surface area (Å²) in [5, 5.41) is 13.8. The molecule has 0 aliphatic rings. The van der Waals surface area contributed by atoms with Crippen LogP contribution >= 0.6 is 11.6 Å². The van der Waals surface area contributed by atoms with Gasteiger partial charge >= 0.3 is 0 Å². The second kappa shape index (κ2) is 9.95. The van der Waals surface area contributed by atoms with Crippen LogP contribution in [0.1, 0.15) is 27.2 Å². The van der Waals surface area contributed by atoms with E-state index in [1.807, 2.05) is 85.9 Å². The van der Waals surface area contributed by atoms with E-state index < -0.39 is 0 Å². The summed E-state index contributed by atoms with van der Waals surface area (Å²) in [5.41, 5.74) is 5.41. The molecular weight excluding hydrogens is 462 g/mol. The maximum absolute atomic E-state index is 11.9. The molecule has 35 heavy (non-hydrogen) atoms. The van der Waals surface area contributed by atoms with Crippen molar-refractivity contribution in [1.82, 2.24) is 24.8 Å². The molecule has 174 valence electrons. The molecule has 0 spiro atoms. The molecule has 0 saturated heterocycles. The van der Waals surface area contributed by atoms with Crippen LogP contribution in [0.15, 0.2) is 85.2 Å². The predicted molar refractivity (Wildman–Crippen MR) is 134 cm³/mol. The van der Waals surface area contributed by atoms with Gasteiger partial charge in [-0.1, -0.05) is 58.8 Å². The Balaban J connectivity index is 1.38. The van der Waals surface area contributed by atoms with Crippen molar-refractivity contribution in [2.75, 3.05) is 0 Å². The van der Waals surface area contributed by atoms with Crippen LogP contribution in [-0.4, -0.2) is 31.1 Å². The molecule has 0 amide bonds. The summed E-state index contributed by atoms with van der Waals surface area (Å²) in [6.45, 7) is 2.77. The Hall–Kier alpha value is -4.23. The molecule has 2 aromatic heterocycles. The molecule has 0 fully saturated rings. The maximum Gasteiger partial charge on any atom is 0.153 e. The molecule has 0 bridgehead atoms. The third-order valence-electron chi connectivity index (χ3n) is 5.48. The minimum absolute atomic E-state index is 0.224. The van der Waals surface area contributed by atoms with Crippen LogP contribution in [0.2, 0.25) is 5.02 Å². The minimum Gasteiger partial charge on any atom is -0.486 e. The molecule has 0 aliphatic carbocycles. The summed E-state index contributed by atoms with van der Waals surface area (Å²) < 4.78 is 9.57. The highest BCUT2D eigenvalue weighted by atomic mass is 35.5. The number of rotatable bonds is 8. The van der Waals surface area contributed by atoms with Gasteiger partial charge in [0.1, 0.15) is 23.7 Å². The molecule has 0 aliphatic heterocycles. The van der Waals surface area contributed by atoms with Crippen molar-refractivity contribution in [3.63, 3.8) is 0 Å². The highest BCUT2D eigenvalue weighted by Gasteiger charge is 2.17. The Bertz CT molecular complexity index is 1480. The first-order chi connectivity index (χ1) is 17.1. The standard InChI is InChI=1S/C27H22ClN5O2/c1-19-10-11-26(35-18-23-16-32(31-29-23)14-20-6-5-7-22(28)13-20)25(12-19)27-21(17-34)15-33(30-27)24-8-3-2-4-9-24/h2-13,15-17H,14,18H2,1H3. The van der Waals surface area contributed by atoms with E-state index in [1.165, 1.54) is 0 Å². The van der Waals surface area contributed by atoms with E-state index in [2.05, 4.69) is 10.3 Å². The van der Waals surface area contributed by atoms with Crippen LogP contribution in [0, 0.1) is 6.92 Å². The zero-order valence-corrected chi connectivity index (χ0v) is 19.8. The number of para-hydroxylation sites is 1. The molecule has 0 atom stereocenters. The van der Waals surface area contributed by atoms with Crippen LogP contribution in [-0.2, 0) is 13.2 Å². The molecule has 5 rings (SSSR count). The fraction of sp³-hybridized carbons (Fsp3) is 0.111. The second-order valence-electron chi connectivity index (χ2n) is 8.16. The average Bonchev–Trinajstić information content (AvgIpc) is 3.51. The Morgan fingerprint density at radius 2 is 1.86 bits per heavy atom. The molecular formula is C27H22ClN5O2. The first-order valence-electron chi connectivity index (χ1n) is 11.1. The molecule has 3 aromatic carbocycles. The average molecular weight is 484 g/mol. The van der Waals surface area contributed by atoms with Crippen molar-refractivity contribution in [3.05, 3.63) is 113 Å². The van der Waals surface area contributed by atoms with Gasteiger partial charge in [0.25, 0.3) is 0 Å². The zero-order chi connectivity index (χ0) is 24.2. The number of halogens is 1. The van der Waals surface area contributed by atoms with Gasteiger partial charge in [-0.05, 0) is 48.9 Å². The Morgan fingerprint density at radius 1 is 1.00 bits per heavy atom. The number of aromatic nitrogens is 5. The third-order valence-corrected chi connectivity index (χ3v) is 5.71. The lowest BCUT2D eigenvalue weighted by molar-refractivity contribution is 0.112. The van der Waals surface area contributed by atoms with E-state index in [4.69, 9.17) is 21.4 Å². The van der Waals surface area contributed by atoms with Crippen LogP contribution in [0.25, 0.3) is 16.9 Å². The molecule has 0 N–H and O–H groups in total. The van der Waals surface area contributed by atoms with Gasteiger partial charge in [-0.25, -0.2) is 9.36 Å². The highest BCUT2D eigenvalue weighted by Crippen LogP contribution is 2.33. The summed E-state index contributed by atoms with van der Waals surface area (Å²) in [5.74, 6) is 0.612. The third kappa shape index (κ3) is 5.15. The fourth-order valence-corrected chi connectivity index (χ4v) is 4.02. The molecule has 8 heteroatoms. The van der Waals surface area contributed by atoms with E-state index in [0.29, 0.717) is 34.3 Å². The number of aldehydes is 1. The first-order valence-corrected chi connectivity index (χ1v) is 11.4. The summed E-state index contributed by atoms with van der Waals surface area (Å²) >= 11 is 6.07. The number of nitrogens with zero attached hydrogens (tertiary/aromatic N) is 5. The lowest BCUT2D eigenvalue weighted by atomic mass is 10.0. The van der Waals surface area contributed by atoms with E-state index >= 15 is 0 Å². The SMILES string of the molecule is Cc1ccc(OCc2cn(Cc3cccc(Cl)c3)nn2)c(-c2nn(-c3ccccc3)cc2C=O)c1. The smallest absolute Gasteiger partial charge is 0.153 e. The van der Waals surface area contributed by atoms with Gasteiger partial charge in [-0.15, -0.1) is 5.10 Å². The Kier molecular flexibility index (Phi) is 6.41. The van der Waals surface area contributed by atoms with E-state index in [1.54, 1.807) is 15.6 Å². The van der Waals surface area contributed by atoms with Crippen LogP contribution < -0.4 is 4.74 Å². The van der Waals surface area contributed by atoms with E-state index in [9.17, 15) is 4.79 Å². The van der Waals surface area contributed by atoms with Crippen LogP contribution in [0.3, 0.4) is 0 Å². The maximum atomic E-state index is 11.9. The number of ether oxygens (including phenoxy) is 1. The lowest BCUT2D eigenvalue weighted by Crippen LogP contribution is -2.00. The van der Waals surface area contributed by atoms with E-state index in [-0.39, 0.29) is 6.61 Å². The molecule has 5 aromatic rings. The quantitative estimate of drug-likeness (QED) is 0.271. The fourth-order valence-electron chi connectivity index (χ4n) is 3.81. The number of hydrogen-bond acceptors (Lipinski definition) is 5. The van der Waals surface area contributed by atoms with Gasteiger partial charge in [-0.2, -0.15) is 5.10 Å². The van der Waals surface area contributed by atoms with Crippen molar-refractivity contribution in [3.8, 4) is 22.7 Å². The molecule has 2 heterocycles. The normalized spacial score (nSPS) is 10.9. The summed E-state index contributed by atoms with van der Waals surface area (Å²) in [7, 11) is 0. The van der Waals surface area contributed by atoms with Crippen molar-refractivity contribution in [2.24, 2.45) is 0 Å².